The highest BCUT2D eigenvalue weighted by Gasteiger charge is 2.16. The van der Waals surface area contributed by atoms with Gasteiger partial charge < -0.3 is 11.1 Å². The summed E-state index contributed by atoms with van der Waals surface area (Å²) in [6, 6.07) is 0. The van der Waals surface area contributed by atoms with E-state index in [4.69, 9.17) is 5.73 Å². The minimum atomic E-state index is -0.205. The number of aryl methyl sites for hydroxylation is 3. The zero-order chi connectivity index (χ0) is 12.6. The van der Waals surface area contributed by atoms with Crippen LogP contribution < -0.4 is 11.1 Å². The predicted octanol–water partition coefficient (Wildman–Crippen LogP) is 1.33. The van der Waals surface area contributed by atoms with Crippen molar-refractivity contribution in [2.24, 2.45) is 7.05 Å². The first kappa shape index (κ1) is 11.6. The molecule has 90 valence electrons. The first-order chi connectivity index (χ1) is 7.99. The number of amides is 1. The molecule has 0 spiro atoms. The second-order valence-electron chi connectivity index (χ2n) is 3.67. The Bertz CT molecular complexity index is 552. The molecule has 0 radical (unpaired) electrons. The fourth-order valence-electron chi connectivity index (χ4n) is 1.51. The molecule has 7 heteroatoms. The van der Waals surface area contributed by atoms with Crippen LogP contribution in [0.15, 0.2) is 6.20 Å². The van der Waals surface area contributed by atoms with Crippen LogP contribution in [0.25, 0.3) is 0 Å². The number of nitrogens with two attached hydrogens (primary N) is 1. The molecule has 2 aromatic heterocycles. The van der Waals surface area contributed by atoms with Crippen LogP contribution in [0.4, 0.5) is 11.5 Å². The van der Waals surface area contributed by atoms with Gasteiger partial charge in [-0.3, -0.25) is 9.48 Å². The molecule has 0 unspecified atom stereocenters. The second kappa shape index (κ2) is 4.17. The van der Waals surface area contributed by atoms with Crippen LogP contribution in [0.2, 0.25) is 0 Å². The molecule has 17 heavy (non-hydrogen) atoms. The zero-order valence-corrected chi connectivity index (χ0v) is 10.6. The van der Waals surface area contributed by atoms with Gasteiger partial charge in [-0.1, -0.05) is 0 Å². The highest BCUT2D eigenvalue weighted by atomic mass is 32.1. The monoisotopic (exact) mass is 251 g/mol. The van der Waals surface area contributed by atoms with Crippen LogP contribution in [0, 0.1) is 13.8 Å². The minimum Gasteiger partial charge on any atom is -0.394 e. The molecule has 0 aliphatic rings. The Morgan fingerprint density at radius 3 is 2.71 bits per heavy atom. The lowest BCUT2D eigenvalue weighted by molar-refractivity contribution is 0.102. The SMILES string of the molecule is Cc1nc(C)c(C(=O)Nc2c(N)cnn2C)s1. The van der Waals surface area contributed by atoms with E-state index in [2.05, 4.69) is 15.4 Å². The summed E-state index contributed by atoms with van der Waals surface area (Å²) in [5, 5.41) is 7.56. The van der Waals surface area contributed by atoms with Crippen molar-refractivity contribution in [2.75, 3.05) is 11.1 Å². The van der Waals surface area contributed by atoms with Gasteiger partial charge in [0.05, 0.1) is 22.6 Å². The quantitative estimate of drug-likeness (QED) is 0.843. The first-order valence-corrected chi connectivity index (χ1v) is 5.83. The number of aromatic nitrogens is 3. The molecule has 6 nitrogen and oxygen atoms in total. The number of carbonyl (C=O) groups excluding carboxylic acids is 1. The number of nitrogens with one attached hydrogen (secondary N) is 1. The van der Waals surface area contributed by atoms with Crippen LogP contribution >= 0.6 is 11.3 Å². The third kappa shape index (κ3) is 2.14. The molecular weight excluding hydrogens is 238 g/mol. The Kier molecular flexibility index (Phi) is 2.84. The molecule has 0 fully saturated rings. The van der Waals surface area contributed by atoms with Crippen LogP contribution in [0.3, 0.4) is 0 Å². The summed E-state index contributed by atoms with van der Waals surface area (Å²) in [5.41, 5.74) is 6.87. The Morgan fingerprint density at radius 1 is 1.53 bits per heavy atom. The Hall–Kier alpha value is -1.89. The van der Waals surface area contributed by atoms with E-state index in [1.807, 2.05) is 13.8 Å². The van der Waals surface area contributed by atoms with Gasteiger partial charge in [0, 0.05) is 7.05 Å². The van der Waals surface area contributed by atoms with Crippen molar-refractivity contribution in [1.82, 2.24) is 14.8 Å². The summed E-state index contributed by atoms with van der Waals surface area (Å²) in [6.45, 7) is 3.68. The van der Waals surface area contributed by atoms with Gasteiger partial charge in [-0.25, -0.2) is 4.98 Å². The molecule has 2 heterocycles. The highest BCUT2D eigenvalue weighted by molar-refractivity contribution is 7.13. The third-order valence-electron chi connectivity index (χ3n) is 2.31. The molecule has 0 aliphatic carbocycles. The van der Waals surface area contributed by atoms with E-state index in [1.54, 1.807) is 7.05 Å². The second-order valence-corrected chi connectivity index (χ2v) is 4.88. The zero-order valence-electron chi connectivity index (χ0n) is 9.81. The van der Waals surface area contributed by atoms with Crippen molar-refractivity contribution >= 4 is 28.7 Å². The van der Waals surface area contributed by atoms with Gasteiger partial charge in [0.1, 0.15) is 4.88 Å². The molecule has 0 bridgehead atoms. The molecule has 0 aliphatic heterocycles. The fourth-order valence-corrected chi connectivity index (χ4v) is 2.33. The Morgan fingerprint density at radius 2 is 2.24 bits per heavy atom. The number of anilines is 2. The van der Waals surface area contributed by atoms with Gasteiger partial charge in [-0.15, -0.1) is 11.3 Å². The van der Waals surface area contributed by atoms with Crippen molar-refractivity contribution in [2.45, 2.75) is 13.8 Å². The van der Waals surface area contributed by atoms with Crippen molar-refractivity contribution < 1.29 is 4.79 Å². The number of thiazole rings is 1. The van der Waals surface area contributed by atoms with Crippen LogP contribution in [-0.2, 0) is 7.05 Å². The lowest BCUT2D eigenvalue weighted by Crippen LogP contribution is -2.15. The summed E-state index contributed by atoms with van der Waals surface area (Å²) < 4.78 is 1.52. The van der Waals surface area contributed by atoms with Gasteiger partial charge in [0.15, 0.2) is 5.82 Å². The average Bonchev–Trinajstić information content (AvgIpc) is 2.74. The van der Waals surface area contributed by atoms with E-state index < -0.39 is 0 Å². The summed E-state index contributed by atoms with van der Waals surface area (Å²) in [6.07, 6.45) is 1.50. The van der Waals surface area contributed by atoms with Gasteiger partial charge in [-0.2, -0.15) is 5.10 Å². The molecular formula is C10H13N5OS. The van der Waals surface area contributed by atoms with Crippen LogP contribution in [0.1, 0.15) is 20.4 Å². The summed E-state index contributed by atoms with van der Waals surface area (Å²) >= 11 is 1.36. The highest BCUT2D eigenvalue weighted by Crippen LogP contribution is 2.21. The van der Waals surface area contributed by atoms with Gasteiger partial charge in [0.25, 0.3) is 5.91 Å². The Balaban J connectivity index is 2.26. The molecule has 0 atom stereocenters. The van der Waals surface area contributed by atoms with E-state index in [0.717, 1.165) is 10.7 Å². The molecule has 0 aromatic carbocycles. The minimum absolute atomic E-state index is 0.205. The smallest absolute Gasteiger partial charge is 0.268 e. The number of carbonyl (C=O) groups is 1. The molecule has 0 saturated carbocycles. The summed E-state index contributed by atoms with van der Waals surface area (Å²) in [4.78, 5) is 16.8. The third-order valence-corrected chi connectivity index (χ3v) is 3.38. The lowest BCUT2D eigenvalue weighted by atomic mass is 10.3. The molecule has 3 N–H and O–H groups in total. The molecule has 2 rings (SSSR count). The number of hydrogen-bond donors (Lipinski definition) is 2. The molecule has 0 saturated heterocycles. The first-order valence-electron chi connectivity index (χ1n) is 5.02. The van der Waals surface area contributed by atoms with Gasteiger partial charge in [-0.05, 0) is 13.8 Å². The summed E-state index contributed by atoms with van der Waals surface area (Å²) in [5.74, 6) is 0.295. The largest absolute Gasteiger partial charge is 0.394 e. The van der Waals surface area contributed by atoms with E-state index in [9.17, 15) is 4.79 Å². The van der Waals surface area contributed by atoms with E-state index >= 15 is 0 Å². The maximum absolute atomic E-state index is 12.0. The van der Waals surface area contributed by atoms with Crippen LogP contribution in [-0.4, -0.2) is 20.7 Å². The molecule has 1 amide bonds. The lowest BCUT2D eigenvalue weighted by Gasteiger charge is -2.05. The van der Waals surface area contributed by atoms with E-state index in [0.29, 0.717) is 16.4 Å². The summed E-state index contributed by atoms with van der Waals surface area (Å²) in [7, 11) is 1.72. The van der Waals surface area contributed by atoms with E-state index in [-0.39, 0.29) is 5.91 Å². The number of nitrogen functional groups attached to an aromatic ring is 1. The van der Waals surface area contributed by atoms with Crippen molar-refractivity contribution in [3.8, 4) is 0 Å². The molecule has 2 aromatic rings. The maximum atomic E-state index is 12.0. The predicted molar refractivity (Wildman–Crippen MR) is 67.2 cm³/mol. The Labute approximate surface area is 102 Å². The van der Waals surface area contributed by atoms with Crippen LogP contribution in [0.5, 0.6) is 0 Å². The van der Waals surface area contributed by atoms with E-state index in [1.165, 1.54) is 22.2 Å². The van der Waals surface area contributed by atoms with Gasteiger partial charge in [0.2, 0.25) is 0 Å². The van der Waals surface area contributed by atoms with Gasteiger partial charge >= 0.3 is 0 Å². The average molecular weight is 251 g/mol. The van der Waals surface area contributed by atoms with Crippen molar-refractivity contribution in [1.29, 1.82) is 0 Å². The standard InChI is InChI=1S/C10H13N5OS/c1-5-8(17-6(2)13-5)10(16)14-9-7(11)4-12-15(9)3/h4H,11H2,1-3H3,(H,14,16). The normalized spacial score (nSPS) is 10.5. The van der Waals surface area contributed by atoms with Crippen molar-refractivity contribution in [3.05, 3.63) is 21.8 Å². The number of rotatable bonds is 2. The fraction of sp³-hybridized carbons (Fsp3) is 0.300. The number of nitrogens with zero attached hydrogens (tertiary/aromatic N) is 3. The topological polar surface area (TPSA) is 85.8 Å². The maximum Gasteiger partial charge on any atom is 0.268 e. The van der Waals surface area contributed by atoms with Crippen molar-refractivity contribution in [3.63, 3.8) is 0 Å². The number of hydrogen-bond acceptors (Lipinski definition) is 5.